The van der Waals surface area contributed by atoms with E-state index in [9.17, 15) is 4.79 Å². The number of aryl methyl sites for hydroxylation is 1. The van der Waals surface area contributed by atoms with Crippen LogP contribution in [0.15, 0.2) is 29.1 Å². The fraction of sp³-hybridized carbons (Fsp3) is 0.353. The largest absolute Gasteiger partial charge is 0.304 e. The van der Waals surface area contributed by atoms with Crippen molar-refractivity contribution >= 4 is 39.5 Å². The summed E-state index contributed by atoms with van der Waals surface area (Å²) in [6.45, 7) is 2.35. The predicted octanol–water partition coefficient (Wildman–Crippen LogP) is 4.01. The highest BCUT2D eigenvalue weighted by atomic mass is 35.5. The number of nitrogens with one attached hydrogen (secondary N) is 1. The molecule has 2 heterocycles. The predicted molar refractivity (Wildman–Crippen MR) is 101 cm³/mol. The van der Waals surface area contributed by atoms with Crippen molar-refractivity contribution in [3.05, 3.63) is 60.9 Å². The zero-order valence-electron chi connectivity index (χ0n) is 13.5. The van der Waals surface area contributed by atoms with Crippen LogP contribution in [0.4, 0.5) is 0 Å². The normalized spacial score (nSPS) is 15.6. The van der Waals surface area contributed by atoms with Crippen molar-refractivity contribution in [1.29, 1.82) is 0 Å². The molecule has 5 nitrogen and oxygen atoms in total. The van der Waals surface area contributed by atoms with Crippen molar-refractivity contribution < 1.29 is 0 Å². The van der Waals surface area contributed by atoms with Gasteiger partial charge in [-0.25, -0.2) is 4.98 Å². The van der Waals surface area contributed by atoms with Gasteiger partial charge in [-0.1, -0.05) is 34.5 Å². The number of benzene rings is 1. The molecule has 1 aliphatic rings. The lowest BCUT2D eigenvalue weighted by atomic mass is 10.0. The van der Waals surface area contributed by atoms with Crippen LogP contribution in [0.1, 0.15) is 35.1 Å². The molecule has 1 N–H and O–H groups in total. The molecule has 0 aliphatic heterocycles. The Morgan fingerprint density at radius 3 is 2.92 bits per heavy atom. The van der Waals surface area contributed by atoms with Crippen LogP contribution in [-0.2, 0) is 6.54 Å². The summed E-state index contributed by atoms with van der Waals surface area (Å²) in [6.07, 6.45) is 2.31. The van der Waals surface area contributed by atoms with E-state index in [2.05, 4.69) is 15.4 Å². The maximum Gasteiger partial charge on any atom is 0.275 e. The second-order valence-corrected chi connectivity index (χ2v) is 8.27. The molecular weight excluding hydrogens is 379 g/mol. The van der Waals surface area contributed by atoms with E-state index < -0.39 is 0 Å². The first kappa shape index (κ1) is 17.0. The molecule has 1 fully saturated rings. The molecule has 0 radical (unpaired) electrons. The lowest BCUT2D eigenvalue weighted by Gasteiger charge is -2.20. The van der Waals surface area contributed by atoms with Gasteiger partial charge in [0.25, 0.3) is 5.56 Å². The van der Waals surface area contributed by atoms with Crippen LogP contribution in [0.3, 0.4) is 0 Å². The first-order valence-electron chi connectivity index (χ1n) is 8.06. The summed E-state index contributed by atoms with van der Waals surface area (Å²) in [4.78, 5) is 17.3. The fourth-order valence-electron chi connectivity index (χ4n) is 2.97. The minimum atomic E-state index is -0.157. The van der Waals surface area contributed by atoms with Crippen molar-refractivity contribution in [3.63, 3.8) is 0 Å². The summed E-state index contributed by atoms with van der Waals surface area (Å²) in [6, 6.07) is 7.17. The summed E-state index contributed by atoms with van der Waals surface area (Å²) in [7, 11) is 0. The molecule has 1 atom stereocenters. The Morgan fingerprint density at radius 1 is 1.36 bits per heavy atom. The van der Waals surface area contributed by atoms with Crippen LogP contribution in [0, 0.1) is 12.8 Å². The highest BCUT2D eigenvalue weighted by Gasteiger charge is 2.33. The molecule has 0 spiro atoms. The summed E-state index contributed by atoms with van der Waals surface area (Å²) in [5.74, 6) is 0.534. The number of hydrogen-bond donors (Lipinski definition) is 1. The van der Waals surface area contributed by atoms with E-state index in [4.69, 9.17) is 23.2 Å². The Balaban J connectivity index is 1.60. The number of aromatic nitrogens is 3. The van der Waals surface area contributed by atoms with Gasteiger partial charge in [0.15, 0.2) is 0 Å². The van der Waals surface area contributed by atoms with Crippen LogP contribution in [0.2, 0.25) is 10.0 Å². The quantitative estimate of drug-likeness (QED) is 0.709. The topological polar surface area (TPSA) is 59.3 Å². The van der Waals surface area contributed by atoms with Gasteiger partial charge >= 0.3 is 0 Å². The van der Waals surface area contributed by atoms with E-state index in [0.717, 1.165) is 23.4 Å². The van der Waals surface area contributed by atoms with Gasteiger partial charge in [-0.2, -0.15) is 9.61 Å². The number of fused-ring (bicyclic) bond motifs is 1. The Hall–Kier alpha value is -1.47. The third kappa shape index (κ3) is 3.58. The zero-order chi connectivity index (χ0) is 17.6. The van der Waals surface area contributed by atoms with E-state index in [1.54, 1.807) is 6.07 Å². The van der Waals surface area contributed by atoms with Crippen molar-refractivity contribution in [2.45, 2.75) is 32.4 Å². The molecule has 130 valence electrons. The summed E-state index contributed by atoms with van der Waals surface area (Å²) < 4.78 is 1.34. The van der Waals surface area contributed by atoms with Gasteiger partial charge in [0.05, 0.1) is 5.69 Å². The van der Waals surface area contributed by atoms with Gasteiger partial charge in [-0.3, -0.25) is 4.79 Å². The van der Waals surface area contributed by atoms with Crippen LogP contribution < -0.4 is 10.9 Å². The molecular formula is C17H16Cl2N4OS. The van der Waals surface area contributed by atoms with E-state index in [-0.39, 0.29) is 11.6 Å². The first-order valence-corrected chi connectivity index (χ1v) is 9.63. The average Bonchev–Trinajstić information content (AvgIpc) is 3.32. The highest BCUT2D eigenvalue weighted by Crippen LogP contribution is 2.43. The number of hydrogen-bond acceptors (Lipinski definition) is 5. The molecule has 2 aromatic heterocycles. The lowest BCUT2D eigenvalue weighted by Crippen LogP contribution is -2.25. The molecule has 1 saturated carbocycles. The van der Waals surface area contributed by atoms with Crippen molar-refractivity contribution in [1.82, 2.24) is 19.9 Å². The zero-order valence-corrected chi connectivity index (χ0v) is 15.8. The van der Waals surface area contributed by atoms with Crippen molar-refractivity contribution in [2.24, 2.45) is 5.92 Å². The molecule has 0 saturated heterocycles. The SMILES string of the molecule is Cc1nn2c(=O)cc(CNC(c3cc(Cl)ccc3Cl)C3CC3)nc2s1. The number of rotatable bonds is 5. The Morgan fingerprint density at radius 2 is 2.16 bits per heavy atom. The van der Waals surface area contributed by atoms with Crippen LogP contribution in [-0.4, -0.2) is 14.6 Å². The molecule has 0 bridgehead atoms. The monoisotopic (exact) mass is 394 g/mol. The van der Waals surface area contributed by atoms with Crippen LogP contribution >= 0.6 is 34.5 Å². The van der Waals surface area contributed by atoms with E-state index >= 15 is 0 Å². The maximum absolute atomic E-state index is 12.2. The van der Waals surface area contributed by atoms with E-state index in [1.807, 2.05) is 19.1 Å². The van der Waals surface area contributed by atoms with Crippen molar-refractivity contribution in [2.75, 3.05) is 0 Å². The average molecular weight is 395 g/mol. The van der Waals surface area contributed by atoms with Gasteiger partial charge in [0.2, 0.25) is 4.96 Å². The Labute approximate surface area is 158 Å². The Bertz CT molecular complexity index is 996. The summed E-state index contributed by atoms with van der Waals surface area (Å²) in [5.41, 5.74) is 1.55. The molecule has 3 aromatic rings. The lowest BCUT2D eigenvalue weighted by molar-refractivity contribution is 0.476. The summed E-state index contributed by atoms with van der Waals surface area (Å²) >= 11 is 13.9. The summed E-state index contributed by atoms with van der Waals surface area (Å²) in [5, 5.41) is 9.87. The van der Waals surface area contributed by atoms with Gasteiger partial charge in [0, 0.05) is 28.7 Å². The first-order chi connectivity index (χ1) is 12.0. The van der Waals surface area contributed by atoms with Crippen molar-refractivity contribution in [3.8, 4) is 0 Å². The van der Waals surface area contributed by atoms with Gasteiger partial charge in [-0.15, -0.1) is 0 Å². The molecule has 8 heteroatoms. The van der Waals surface area contributed by atoms with Gasteiger partial charge < -0.3 is 5.32 Å². The van der Waals surface area contributed by atoms with E-state index in [1.165, 1.54) is 21.9 Å². The number of nitrogens with zero attached hydrogens (tertiary/aromatic N) is 3. The second-order valence-electron chi connectivity index (χ2n) is 6.26. The third-order valence-corrected chi connectivity index (χ3v) is 5.69. The minimum Gasteiger partial charge on any atom is -0.304 e. The van der Waals surface area contributed by atoms with Gasteiger partial charge in [0.1, 0.15) is 5.01 Å². The molecule has 25 heavy (non-hydrogen) atoms. The molecule has 0 amide bonds. The maximum atomic E-state index is 12.2. The van der Waals surface area contributed by atoms with Crippen LogP contribution in [0.25, 0.3) is 4.96 Å². The second kappa shape index (κ2) is 6.68. The van der Waals surface area contributed by atoms with E-state index in [0.29, 0.717) is 33.2 Å². The van der Waals surface area contributed by atoms with Crippen LogP contribution in [0.5, 0.6) is 0 Å². The highest BCUT2D eigenvalue weighted by molar-refractivity contribution is 7.16. The van der Waals surface area contributed by atoms with Gasteiger partial charge in [-0.05, 0) is 49.4 Å². The standard InChI is InChI=1S/C17H16Cl2N4OS/c1-9-22-23-15(24)7-12(21-17(23)25-9)8-20-16(10-2-3-10)13-6-11(18)4-5-14(13)19/h4-7,10,16,20H,2-3,8H2,1H3. The molecule has 1 aliphatic carbocycles. The third-order valence-electron chi connectivity index (χ3n) is 4.29. The fourth-order valence-corrected chi connectivity index (χ4v) is 4.15. The number of halogens is 2. The smallest absolute Gasteiger partial charge is 0.275 e. The molecule has 4 rings (SSSR count). The molecule has 1 aromatic carbocycles. The minimum absolute atomic E-state index is 0.106. The molecule has 1 unspecified atom stereocenters. The Kier molecular flexibility index (Phi) is 4.54.